The summed E-state index contributed by atoms with van der Waals surface area (Å²) < 4.78 is 14.3. The predicted octanol–water partition coefficient (Wildman–Crippen LogP) is 5.02. The Morgan fingerprint density at radius 1 is 1.16 bits per heavy atom. The summed E-state index contributed by atoms with van der Waals surface area (Å²) in [5, 5.41) is 0. The van der Waals surface area contributed by atoms with Gasteiger partial charge in [-0.05, 0) is 49.6 Å². The first-order valence-electron chi connectivity index (χ1n) is 11.1. The van der Waals surface area contributed by atoms with Gasteiger partial charge >= 0.3 is 0 Å². The number of rotatable bonds is 5. The van der Waals surface area contributed by atoms with E-state index >= 15 is 0 Å². The lowest BCUT2D eigenvalue weighted by Gasteiger charge is -2.35. The van der Waals surface area contributed by atoms with Crippen molar-refractivity contribution < 1.29 is 9.18 Å². The Labute approximate surface area is 188 Å². The molecule has 2 heterocycles. The molecule has 6 heteroatoms. The highest BCUT2D eigenvalue weighted by atomic mass is 19.1. The molecule has 1 amide bonds. The van der Waals surface area contributed by atoms with Gasteiger partial charge in [0.2, 0.25) is 0 Å². The van der Waals surface area contributed by atoms with Gasteiger partial charge in [-0.25, -0.2) is 14.4 Å². The fourth-order valence-corrected chi connectivity index (χ4v) is 4.34. The highest BCUT2D eigenvalue weighted by molar-refractivity contribution is 5.94. The van der Waals surface area contributed by atoms with Gasteiger partial charge in [-0.15, -0.1) is 0 Å². The molecule has 4 rings (SSSR count). The minimum atomic E-state index is -0.211. The average Bonchev–Trinajstić information content (AvgIpc) is 2.79. The molecule has 0 radical (unpaired) electrons. The van der Waals surface area contributed by atoms with Crippen LogP contribution in [0.3, 0.4) is 0 Å². The van der Waals surface area contributed by atoms with Gasteiger partial charge in [0.1, 0.15) is 11.6 Å². The maximum atomic E-state index is 14.3. The highest BCUT2D eigenvalue weighted by Gasteiger charge is 2.27. The van der Waals surface area contributed by atoms with E-state index in [0.717, 1.165) is 49.3 Å². The van der Waals surface area contributed by atoms with Gasteiger partial charge in [-0.2, -0.15) is 0 Å². The first-order valence-corrected chi connectivity index (χ1v) is 11.1. The molecule has 0 saturated carbocycles. The van der Waals surface area contributed by atoms with Crippen molar-refractivity contribution in [3.63, 3.8) is 0 Å². The molecular weight excluding hydrogens is 403 g/mol. The third-order valence-electron chi connectivity index (χ3n) is 6.04. The first-order chi connectivity index (χ1) is 15.4. The number of aryl methyl sites for hydroxylation is 1. The number of aromatic nitrogens is 2. The van der Waals surface area contributed by atoms with Crippen LogP contribution in [0.2, 0.25) is 0 Å². The minimum Gasteiger partial charge on any atom is -0.345 e. The van der Waals surface area contributed by atoms with E-state index in [2.05, 4.69) is 22.0 Å². The van der Waals surface area contributed by atoms with Gasteiger partial charge in [-0.3, -0.25) is 9.69 Å². The SMILES string of the molecule is Cc1nc(C2CCCCN2Cc2cccc(-c3ccccc3F)c2)ncc1C(=O)N(C)C. The number of likely N-dealkylation sites (tertiary alicyclic amines) is 1. The number of hydrogen-bond donors (Lipinski definition) is 0. The standard InChI is InChI=1S/C26H29FN4O/c1-18-22(26(32)30(2)3)16-28-25(29-18)24-13-6-7-14-31(24)17-19-9-8-10-20(15-19)21-11-4-5-12-23(21)27/h4-5,8-12,15-16,24H,6-7,13-14,17H2,1-3H3. The van der Waals surface area contributed by atoms with E-state index < -0.39 is 0 Å². The number of carbonyl (C=O) groups excluding carboxylic acids is 1. The van der Waals surface area contributed by atoms with Crippen LogP contribution in [0.15, 0.2) is 54.7 Å². The summed E-state index contributed by atoms with van der Waals surface area (Å²) in [6, 6.07) is 15.1. The highest BCUT2D eigenvalue weighted by Crippen LogP contribution is 2.31. The third-order valence-corrected chi connectivity index (χ3v) is 6.04. The molecule has 1 saturated heterocycles. The average molecular weight is 433 g/mol. The lowest BCUT2D eigenvalue weighted by atomic mass is 9.98. The summed E-state index contributed by atoms with van der Waals surface area (Å²) >= 11 is 0. The van der Waals surface area contributed by atoms with Crippen LogP contribution in [0, 0.1) is 12.7 Å². The van der Waals surface area contributed by atoms with Gasteiger partial charge in [0.05, 0.1) is 17.3 Å². The maximum Gasteiger partial charge on any atom is 0.256 e. The molecule has 1 aliphatic heterocycles. The number of nitrogens with zero attached hydrogens (tertiary/aromatic N) is 4. The van der Waals surface area contributed by atoms with Crippen LogP contribution >= 0.6 is 0 Å². The second-order valence-electron chi connectivity index (χ2n) is 8.59. The summed E-state index contributed by atoms with van der Waals surface area (Å²) in [4.78, 5) is 25.6. The van der Waals surface area contributed by atoms with Crippen LogP contribution < -0.4 is 0 Å². The quantitative estimate of drug-likeness (QED) is 0.568. The Morgan fingerprint density at radius 2 is 1.97 bits per heavy atom. The summed E-state index contributed by atoms with van der Waals surface area (Å²) in [6.07, 6.45) is 4.88. The van der Waals surface area contributed by atoms with Crippen molar-refractivity contribution in [3.8, 4) is 11.1 Å². The zero-order chi connectivity index (χ0) is 22.7. The van der Waals surface area contributed by atoms with Crippen molar-refractivity contribution in [1.29, 1.82) is 0 Å². The maximum absolute atomic E-state index is 14.3. The van der Waals surface area contributed by atoms with Gasteiger partial charge in [0.25, 0.3) is 5.91 Å². The van der Waals surface area contributed by atoms with Crippen LogP contribution in [-0.2, 0) is 6.54 Å². The van der Waals surface area contributed by atoms with Gasteiger partial charge in [0, 0.05) is 32.4 Å². The lowest BCUT2D eigenvalue weighted by Crippen LogP contribution is -2.34. The summed E-state index contributed by atoms with van der Waals surface area (Å²) in [6.45, 7) is 3.57. The summed E-state index contributed by atoms with van der Waals surface area (Å²) in [5.41, 5.74) is 3.88. The minimum absolute atomic E-state index is 0.0838. The molecule has 5 nitrogen and oxygen atoms in total. The van der Waals surface area contributed by atoms with E-state index in [4.69, 9.17) is 4.98 Å². The second-order valence-corrected chi connectivity index (χ2v) is 8.59. The monoisotopic (exact) mass is 432 g/mol. The summed E-state index contributed by atoms with van der Waals surface area (Å²) in [7, 11) is 3.46. The summed E-state index contributed by atoms with van der Waals surface area (Å²) in [5.74, 6) is 0.471. The topological polar surface area (TPSA) is 49.3 Å². The Morgan fingerprint density at radius 3 is 2.72 bits per heavy atom. The molecule has 32 heavy (non-hydrogen) atoms. The first kappa shape index (κ1) is 22.1. The largest absolute Gasteiger partial charge is 0.345 e. The molecule has 1 aromatic heterocycles. The Balaban J connectivity index is 1.58. The Kier molecular flexibility index (Phi) is 6.61. The van der Waals surface area contributed by atoms with Gasteiger partial charge in [0.15, 0.2) is 0 Å². The van der Waals surface area contributed by atoms with Crippen LogP contribution in [0.4, 0.5) is 4.39 Å². The number of benzene rings is 2. The molecule has 2 aromatic carbocycles. The van der Waals surface area contributed by atoms with Crippen LogP contribution in [-0.4, -0.2) is 46.3 Å². The molecule has 0 aliphatic carbocycles. The smallest absolute Gasteiger partial charge is 0.256 e. The molecule has 0 bridgehead atoms. The van der Waals surface area contributed by atoms with Crippen molar-refractivity contribution in [2.24, 2.45) is 0 Å². The number of amides is 1. The molecule has 0 N–H and O–H groups in total. The van der Waals surface area contributed by atoms with E-state index in [-0.39, 0.29) is 17.8 Å². The van der Waals surface area contributed by atoms with E-state index in [0.29, 0.717) is 16.8 Å². The van der Waals surface area contributed by atoms with Gasteiger partial charge < -0.3 is 4.90 Å². The van der Waals surface area contributed by atoms with Crippen molar-refractivity contribution >= 4 is 5.91 Å². The van der Waals surface area contributed by atoms with Crippen LogP contribution in [0.1, 0.15) is 52.7 Å². The third kappa shape index (κ3) is 4.70. The molecule has 1 fully saturated rings. The van der Waals surface area contributed by atoms with Crippen LogP contribution in [0.5, 0.6) is 0 Å². The van der Waals surface area contributed by atoms with Gasteiger partial charge in [-0.1, -0.05) is 42.8 Å². The fourth-order valence-electron chi connectivity index (χ4n) is 4.34. The fraction of sp³-hybridized carbons (Fsp3) is 0.346. The Bertz CT molecular complexity index is 1110. The molecule has 1 unspecified atom stereocenters. The number of carbonyl (C=O) groups is 1. The molecule has 3 aromatic rings. The second kappa shape index (κ2) is 9.57. The van der Waals surface area contributed by atoms with Crippen molar-refractivity contribution in [3.05, 3.63) is 83.2 Å². The normalized spacial score (nSPS) is 16.7. The van der Waals surface area contributed by atoms with E-state index in [1.165, 1.54) is 6.07 Å². The number of halogens is 1. The Hall–Kier alpha value is -3.12. The predicted molar refractivity (Wildman–Crippen MR) is 124 cm³/mol. The van der Waals surface area contributed by atoms with Crippen molar-refractivity contribution in [2.75, 3.05) is 20.6 Å². The molecule has 1 aliphatic rings. The molecule has 166 valence electrons. The van der Waals surface area contributed by atoms with Crippen molar-refractivity contribution in [1.82, 2.24) is 19.8 Å². The molecule has 0 spiro atoms. The van der Waals surface area contributed by atoms with E-state index in [1.54, 1.807) is 31.3 Å². The zero-order valence-corrected chi connectivity index (χ0v) is 18.9. The lowest BCUT2D eigenvalue weighted by molar-refractivity contribution is 0.0825. The van der Waals surface area contributed by atoms with Crippen LogP contribution in [0.25, 0.3) is 11.1 Å². The number of piperidine rings is 1. The van der Waals surface area contributed by atoms with Crippen molar-refractivity contribution in [2.45, 2.75) is 38.8 Å². The zero-order valence-electron chi connectivity index (χ0n) is 18.9. The number of hydrogen-bond acceptors (Lipinski definition) is 4. The molecule has 1 atom stereocenters. The molecular formula is C26H29FN4O. The van der Waals surface area contributed by atoms with E-state index in [9.17, 15) is 9.18 Å². The van der Waals surface area contributed by atoms with E-state index in [1.807, 2.05) is 31.2 Å².